The van der Waals surface area contributed by atoms with E-state index in [2.05, 4.69) is 4.98 Å². The van der Waals surface area contributed by atoms with Crippen LogP contribution in [0, 0.1) is 5.82 Å². The summed E-state index contributed by atoms with van der Waals surface area (Å²) in [7, 11) is 0. The lowest BCUT2D eigenvalue weighted by Crippen LogP contribution is -2.04. The normalized spacial score (nSPS) is 11.7. The van der Waals surface area contributed by atoms with Crippen molar-refractivity contribution in [3.8, 4) is 11.3 Å². The molecule has 2 aromatic carbocycles. The van der Waals surface area contributed by atoms with Gasteiger partial charge in [-0.1, -0.05) is 23.7 Å². The maximum atomic E-state index is 14.1. The van der Waals surface area contributed by atoms with Crippen molar-refractivity contribution in [1.82, 2.24) is 4.98 Å². The maximum Gasteiger partial charge on any atom is 0.416 e. The number of aromatic nitrogens is 1. The Hall–Kier alpha value is -2.67. The maximum absolute atomic E-state index is 14.1. The molecule has 0 saturated heterocycles. The van der Waals surface area contributed by atoms with Gasteiger partial charge in [0.25, 0.3) is 0 Å². The zero-order chi connectivity index (χ0) is 18.4. The summed E-state index contributed by atoms with van der Waals surface area (Å²) in [6, 6.07) is 7.42. The van der Waals surface area contributed by atoms with Gasteiger partial charge in [-0.2, -0.15) is 13.2 Å². The number of carboxylic acid groups (broad SMARTS) is 1. The van der Waals surface area contributed by atoms with Gasteiger partial charge in [-0.15, -0.1) is 0 Å². The van der Waals surface area contributed by atoms with E-state index in [0.717, 1.165) is 30.3 Å². The molecule has 0 amide bonds. The Kier molecular flexibility index (Phi) is 4.12. The minimum absolute atomic E-state index is 0.00756. The molecule has 1 heterocycles. The largest absolute Gasteiger partial charge is 0.478 e. The van der Waals surface area contributed by atoms with Gasteiger partial charge in [-0.05, 0) is 30.3 Å². The average molecular weight is 370 g/mol. The molecule has 3 nitrogen and oxygen atoms in total. The lowest BCUT2D eigenvalue weighted by atomic mass is 10.0. The molecule has 0 aliphatic rings. The number of hydrogen-bond donors (Lipinski definition) is 1. The fourth-order valence-electron chi connectivity index (χ4n) is 2.41. The fraction of sp³-hybridized carbons (Fsp3) is 0.0588. The average Bonchev–Trinajstić information content (AvgIpc) is 2.53. The fourth-order valence-corrected chi connectivity index (χ4v) is 2.61. The first-order valence-electron chi connectivity index (χ1n) is 6.87. The third kappa shape index (κ3) is 3.28. The van der Waals surface area contributed by atoms with Crippen LogP contribution in [-0.4, -0.2) is 16.1 Å². The van der Waals surface area contributed by atoms with E-state index in [9.17, 15) is 27.5 Å². The molecule has 0 bridgehead atoms. The Morgan fingerprint density at radius 1 is 1.08 bits per heavy atom. The van der Waals surface area contributed by atoms with E-state index >= 15 is 0 Å². The predicted molar refractivity (Wildman–Crippen MR) is 84.1 cm³/mol. The zero-order valence-electron chi connectivity index (χ0n) is 12.2. The van der Waals surface area contributed by atoms with Crippen molar-refractivity contribution in [1.29, 1.82) is 0 Å². The topological polar surface area (TPSA) is 50.2 Å². The number of hydrogen-bond acceptors (Lipinski definition) is 2. The summed E-state index contributed by atoms with van der Waals surface area (Å²) in [5, 5.41) is 9.36. The van der Waals surface area contributed by atoms with E-state index < -0.39 is 23.5 Å². The molecule has 0 spiro atoms. The predicted octanol–water partition coefficient (Wildman–Crippen LogP) is 5.41. The van der Waals surface area contributed by atoms with Crippen molar-refractivity contribution in [3.05, 3.63) is 64.4 Å². The molecule has 0 radical (unpaired) electrons. The van der Waals surface area contributed by atoms with Crippen LogP contribution in [0.2, 0.25) is 5.02 Å². The first-order chi connectivity index (χ1) is 11.7. The Bertz CT molecular complexity index is 985. The highest BCUT2D eigenvalue weighted by atomic mass is 35.5. The van der Waals surface area contributed by atoms with Crippen LogP contribution in [0.25, 0.3) is 22.2 Å². The lowest BCUT2D eigenvalue weighted by molar-refractivity contribution is -0.137. The van der Waals surface area contributed by atoms with Gasteiger partial charge in [0, 0.05) is 16.0 Å². The number of halogens is 5. The number of rotatable bonds is 2. The molecule has 25 heavy (non-hydrogen) atoms. The van der Waals surface area contributed by atoms with Gasteiger partial charge >= 0.3 is 12.1 Å². The van der Waals surface area contributed by atoms with Crippen LogP contribution in [0.5, 0.6) is 0 Å². The number of alkyl halides is 3. The van der Waals surface area contributed by atoms with Crippen molar-refractivity contribution < 1.29 is 27.5 Å². The second kappa shape index (κ2) is 6.00. The zero-order valence-corrected chi connectivity index (χ0v) is 13.0. The van der Waals surface area contributed by atoms with Gasteiger partial charge in [0.2, 0.25) is 0 Å². The SMILES string of the molecule is O=C(O)c1cc(-c2ccc(C(F)(F)F)cc2)nc2c(F)cc(Cl)cc12. The monoisotopic (exact) mass is 369 g/mol. The number of carboxylic acids is 1. The van der Waals surface area contributed by atoms with Gasteiger partial charge in [0.05, 0.1) is 16.8 Å². The molecule has 3 aromatic rings. The highest BCUT2D eigenvalue weighted by Gasteiger charge is 2.30. The molecule has 0 atom stereocenters. The van der Waals surface area contributed by atoms with Crippen molar-refractivity contribution in [2.75, 3.05) is 0 Å². The summed E-state index contributed by atoms with van der Waals surface area (Å²) in [4.78, 5) is 15.5. The second-order valence-electron chi connectivity index (χ2n) is 5.22. The third-order valence-electron chi connectivity index (χ3n) is 3.57. The quantitative estimate of drug-likeness (QED) is 0.614. The first kappa shape index (κ1) is 17.2. The molecule has 1 N–H and O–H groups in total. The van der Waals surface area contributed by atoms with Gasteiger partial charge in [0.1, 0.15) is 5.52 Å². The van der Waals surface area contributed by atoms with Crippen LogP contribution in [0.1, 0.15) is 15.9 Å². The van der Waals surface area contributed by atoms with E-state index in [-0.39, 0.29) is 32.7 Å². The summed E-state index contributed by atoms with van der Waals surface area (Å²) < 4.78 is 52.0. The standard InChI is InChI=1S/C17H8ClF4NO2/c18-10-5-11-12(16(24)25)7-14(23-15(11)13(19)6-10)8-1-3-9(4-2-8)17(20,21)22/h1-7H,(H,24,25). The molecule has 0 aliphatic carbocycles. The summed E-state index contributed by atoms with van der Waals surface area (Å²) in [6.07, 6.45) is -4.50. The van der Waals surface area contributed by atoms with E-state index in [1.54, 1.807) is 0 Å². The third-order valence-corrected chi connectivity index (χ3v) is 3.79. The van der Waals surface area contributed by atoms with Crippen molar-refractivity contribution in [3.63, 3.8) is 0 Å². The molecule has 128 valence electrons. The first-order valence-corrected chi connectivity index (χ1v) is 7.25. The molecule has 0 aliphatic heterocycles. The van der Waals surface area contributed by atoms with Crippen molar-refractivity contribution >= 4 is 28.5 Å². The Balaban J connectivity index is 2.22. The Morgan fingerprint density at radius 3 is 2.28 bits per heavy atom. The molecule has 1 aromatic heterocycles. The minimum atomic E-state index is -4.50. The second-order valence-corrected chi connectivity index (χ2v) is 5.66. The number of pyridine rings is 1. The highest BCUT2D eigenvalue weighted by Crippen LogP contribution is 2.32. The van der Waals surface area contributed by atoms with Crippen molar-refractivity contribution in [2.45, 2.75) is 6.18 Å². The molecule has 0 fully saturated rings. The van der Waals surface area contributed by atoms with Gasteiger partial charge < -0.3 is 5.11 Å². The van der Waals surface area contributed by atoms with E-state index in [1.165, 1.54) is 12.1 Å². The van der Waals surface area contributed by atoms with Crippen molar-refractivity contribution in [2.24, 2.45) is 0 Å². The number of aromatic carboxylic acids is 1. The number of nitrogens with zero attached hydrogens (tertiary/aromatic N) is 1. The molecular formula is C17H8ClF4NO2. The number of carbonyl (C=O) groups is 1. The molecule has 8 heteroatoms. The summed E-state index contributed by atoms with van der Waals surface area (Å²) in [5.74, 6) is -2.15. The van der Waals surface area contributed by atoms with Crippen LogP contribution in [0.3, 0.4) is 0 Å². The molecule has 0 saturated carbocycles. The minimum Gasteiger partial charge on any atom is -0.478 e. The van der Waals surface area contributed by atoms with Crippen LogP contribution >= 0.6 is 11.6 Å². The molecular weight excluding hydrogens is 362 g/mol. The number of benzene rings is 2. The van der Waals surface area contributed by atoms with Crippen LogP contribution < -0.4 is 0 Å². The lowest BCUT2D eigenvalue weighted by Gasteiger charge is -2.10. The van der Waals surface area contributed by atoms with Gasteiger partial charge in [-0.3, -0.25) is 0 Å². The molecule has 3 rings (SSSR count). The smallest absolute Gasteiger partial charge is 0.416 e. The van der Waals surface area contributed by atoms with Crippen LogP contribution in [0.4, 0.5) is 17.6 Å². The molecule has 0 unspecified atom stereocenters. The Labute approximate surface area is 143 Å². The number of fused-ring (bicyclic) bond motifs is 1. The summed E-state index contributed by atoms with van der Waals surface area (Å²) >= 11 is 5.75. The van der Waals surface area contributed by atoms with E-state index in [0.29, 0.717) is 0 Å². The van der Waals surface area contributed by atoms with Gasteiger partial charge in [-0.25, -0.2) is 14.2 Å². The van der Waals surface area contributed by atoms with Crippen LogP contribution in [0.15, 0.2) is 42.5 Å². The Morgan fingerprint density at radius 2 is 1.72 bits per heavy atom. The van der Waals surface area contributed by atoms with Gasteiger partial charge in [0.15, 0.2) is 5.82 Å². The summed E-state index contributed by atoms with van der Waals surface area (Å²) in [6.45, 7) is 0. The van der Waals surface area contributed by atoms with E-state index in [4.69, 9.17) is 11.6 Å². The van der Waals surface area contributed by atoms with Crippen LogP contribution in [-0.2, 0) is 6.18 Å². The van der Waals surface area contributed by atoms with E-state index in [1.807, 2.05) is 0 Å². The summed E-state index contributed by atoms with van der Waals surface area (Å²) in [5.41, 5.74) is -1.06. The highest BCUT2D eigenvalue weighted by molar-refractivity contribution is 6.31.